The normalized spacial score (nSPS) is 17.4. The number of hydrogen-bond donors (Lipinski definition) is 3. The van der Waals surface area contributed by atoms with E-state index in [9.17, 15) is 9.90 Å². The minimum atomic E-state index is -0.839. The van der Waals surface area contributed by atoms with E-state index in [1.807, 2.05) is 0 Å². The molecule has 1 aromatic carbocycles. The van der Waals surface area contributed by atoms with Crippen molar-refractivity contribution < 1.29 is 9.90 Å². The van der Waals surface area contributed by atoms with Gasteiger partial charge in [0.15, 0.2) is 0 Å². The van der Waals surface area contributed by atoms with E-state index in [1.165, 1.54) is 6.07 Å². The minimum Gasteiger partial charge on any atom is -0.385 e. The SMILES string of the molecule is O=C(NCC1(O)CNC1)c1ccc(Cl)cc1Cl. The number of rotatable bonds is 3. The lowest BCUT2D eigenvalue weighted by atomic mass is 9.97. The Hall–Kier alpha value is -0.810. The Morgan fingerprint density at radius 3 is 2.71 bits per heavy atom. The smallest absolute Gasteiger partial charge is 0.252 e. The predicted octanol–water partition coefficient (Wildman–Crippen LogP) is 1.06. The van der Waals surface area contributed by atoms with Crippen LogP contribution in [-0.2, 0) is 0 Å². The molecule has 3 N–H and O–H groups in total. The zero-order valence-corrected chi connectivity index (χ0v) is 10.5. The molecule has 2 rings (SSSR count). The lowest BCUT2D eigenvalue weighted by Gasteiger charge is -2.37. The van der Waals surface area contributed by atoms with Crippen molar-refractivity contribution in [3.63, 3.8) is 0 Å². The highest BCUT2D eigenvalue weighted by Crippen LogP contribution is 2.21. The average Bonchev–Trinajstić information content (AvgIpc) is 2.23. The Kier molecular flexibility index (Phi) is 3.58. The number of aliphatic hydroxyl groups is 1. The molecule has 6 heteroatoms. The van der Waals surface area contributed by atoms with Gasteiger partial charge >= 0.3 is 0 Å². The van der Waals surface area contributed by atoms with Crippen LogP contribution in [0.4, 0.5) is 0 Å². The van der Waals surface area contributed by atoms with E-state index in [0.29, 0.717) is 28.7 Å². The highest BCUT2D eigenvalue weighted by molar-refractivity contribution is 6.36. The Morgan fingerprint density at radius 1 is 1.47 bits per heavy atom. The van der Waals surface area contributed by atoms with Crippen molar-refractivity contribution in [1.82, 2.24) is 10.6 Å². The molecule has 1 aliphatic rings. The van der Waals surface area contributed by atoms with Crippen LogP contribution < -0.4 is 10.6 Å². The van der Waals surface area contributed by atoms with Gasteiger partial charge in [0.05, 0.1) is 10.6 Å². The Bertz CT molecular complexity index is 447. The van der Waals surface area contributed by atoms with Crippen LogP contribution in [0.1, 0.15) is 10.4 Å². The van der Waals surface area contributed by atoms with Gasteiger partial charge in [-0.15, -0.1) is 0 Å². The van der Waals surface area contributed by atoms with Crippen LogP contribution in [-0.4, -0.2) is 36.2 Å². The second-order valence-corrected chi connectivity index (χ2v) is 4.98. The second-order valence-electron chi connectivity index (χ2n) is 4.13. The zero-order valence-electron chi connectivity index (χ0n) is 8.96. The van der Waals surface area contributed by atoms with Gasteiger partial charge in [-0.25, -0.2) is 0 Å². The number of halogens is 2. The van der Waals surface area contributed by atoms with Gasteiger partial charge in [0.2, 0.25) is 0 Å². The fourth-order valence-corrected chi connectivity index (χ4v) is 2.05. The fraction of sp³-hybridized carbons (Fsp3) is 0.364. The highest BCUT2D eigenvalue weighted by atomic mass is 35.5. The molecule has 0 spiro atoms. The number of carbonyl (C=O) groups excluding carboxylic acids is 1. The standard InChI is InChI=1S/C11H12Cl2N2O2/c12-7-1-2-8(9(13)3-7)10(16)15-6-11(17)4-14-5-11/h1-3,14,17H,4-6H2,(H,15,16). The maximum atomic E-state index is 11.8. The van der Waals surface area contributed by atoms with E-state index >= 15 is 0 Å². The predicted molar refractivity (Wildman–Crippen MR) is 66.6 cm³/mol. The summed E-state index contributed by atoms with van der Waals surface area (Å²) in [6.45, 7) is 1.18. The summed E-state index contributed by atoms with van der Waals surface area (Å²) in [6, 6.07) is 4.67. The minimum absolute atomic E-state index is 0.206. The number of nitrogens with one attached hydrogen (secondary N) is 2. The Morgan fingerprint density at radius 2 is 2.18 bits per heavy atom. The third-order valence-electron chi connectivity index (χ3n) is 2.66. The molecule has 0 unspecified atom stereocenters. The first-order chi connectivity index (χ1) is 8.00. The summed E-state index contributed by atoms with van der Waals surface area (Å²) in [4.78, 5) is 11.8. The molecule has 1 heterocycles. The third-order valence-corrected chi connectivity index (χ3v) is 3.21. The molecule has 4 nitrogen and oxygen atoms in total. The van der Waals surface area contributed by atoms with Crippen molar-refractivity contribution in [2.24, 2.45) is 0 Å². The molecular formula is C11H12Cl2N2O2. The highest BCUT2D eigenvalue weighted by Gasteiger charge is 2.34. The van der Waals surface area contributed by atoms with Crippen molar-refractivity contribution in [2.45, 2.75) is 5.60 Å². The second kappa shape index (κ2) is 4.82. The van der Waals surface area contributed by atoms with Crippen LogP contribution in [0.3, 0.4) is 0 Å². The van der Waals surface area contributed by atoms with E-state index < -0.39 is 5.60 Å². The number of β-amino-alcohol motifs (C(OH)–C–C–N with tert-alkyl or cyclic N) is 1. The van der Waals surface area contributed by atoms with E-state index in [1.54, 1.807) is 12.1 Å². The summed E-state index contributed by atoms with van der Waals surface area (Å²) in [5.41, 5.74) is -0.485. The van der Waals surface area contributed by atoms with Gasteiger partial charge in [0, 0.05) is 24.7 Å². The number of carbonyl (C=O) groups is 1. The molecule has 0 aromatic heterocycles. The van der Waals surface area contributed by atoms with Gasteiger partial charge in [-0.2, -0.15) is 0 Å². The molecule has 1 fully saturated rings. The fourth-order valence-electron chi connectivity index (χ4n) is 1.55. The number of hydrogen-bond acceptors (Lipinski definition) is 3. The Balaban J connectivity index is 1.99. The monoisotopic (exact) mass is 274 g/mol. The van der Waals surface area contributed by atoms with Crippen LogP contribution >= 0.6 is 23.2 Å². The topological polar surface area (TPSA) is 61.4 Å². The van der Waals surface area contributed by atoms with Gasteiger partial charge in [0.1, 0.15) is 5.60 Å². The molecule has 17 heavy (non-hydrogen) atoms. The van der Waals surface area contributed by atoms with Gasteiger partial charge in [-0.05, 0) is 18.2 Å². The van der Waals surface area contributed by atoms with Crippen LogP contribution in [0, 0.1) is 0 Å². The van der Waals surface area contributed by atoms with Crippen molar-refractivity contribution in [3.05, 3.63) is 33.8 Å². The van der Waals surface area contributed by atoms with Crippen LogP contribution in [0.15, 0.2) is 18.2 Å². The zero-order chi connectivity index (χ0) is 12.5. The average molecular weight is 275 g/mol. The van der Waals surface area contributed by atoms with E-state index in [4.69, 9.17) is 23.2 Å². The maximum absolute atomic E-state index is 11.8. The summed E-state index contributed by atoms with van der Waals surface area (Å²) in [7, 11) is 0. The molecule has 0 bridgehead atoms. The molecule has 0 radical (unpaired) electrons. The molecule has 0 atom stereocenters. The van der Waals surface area contributed by atoms with Gasteiger partial charge in [-0.1, -0.05) is 23.2 Å². The molecule has 92 valence electrons. The summed E-state index contributed by atoms with van der Waals surface area (Å²) in [6.07, 6.45) is 0. The molecule has 1 aliphatic heterocycles. The summed E-state index contributed by atoms with van der Waals surface area (Å²) >= 11 is 11.6. The molecule has 0 aliphatic carbocycles. The van der Waals surface area contributed by atoms with Crippen molar-refractivity contribution in [3.8, 4) is 0 Å². The van der Waals surface area contributed by atoms with Crippen molar-refractivity contribution in [1.29, 1.82) is 0 Å². The molecule has 1 amide bonds. The molecule has 1 saturated heterocycles. The largest absolute Gasteiger partial charge is 0.385 e. The number of amides is 1. The Labute approximate surface area is 109 Å². The first-order valence-electron chi connectivity index (χ1n) is 5.17. The molecule has 0 saturated carbocycles. The van der Waals surface area contributed by atoms with Crippen molar-refractivity contribution in [2.75, 3.05) is 19.6 Å². The van der Waals surface area contributed by atoms with Crippen LogP contribution in [0.2, 0.25) is 10.0 Å². The lowest BCUT2D eigenvalue weighted by Crippen LogP contribution is -2.64. The summed E-state index contributed by atoms with van der Waals surface area (Å²) in [5, 5.41) is 16.2. The van der Waals surface area contributed by atoms with Gasteiger partial charge in [0.25, 0.3) is 5.91 Å². The van der Waals surface area contributed by atoms with Crippen molar-refractivity contribution >= 4 is 29.1 Å². The number of benzene rings is 1. The molecule has 1 aromatic rings. The lowest BCUT2D eigenvalue weighted by molar-refractivity contribution is -0.00759. The quantitative estimate of drug-likeness (QED) is 0.773. The van der Waals surface area contributed by atoms with Crippen LogP contribution in [0.5, 0.6) is 0 Å². The van der Waals surface area contributed by atoms with Crippen LogP contribution in [0.25, 0.3) is 0 Å². The third kappa shape index (κ3) is 2.90. The van der Waals surface area contributed by atoms with E-state index in [0.717, 1.165) is 0 Å². The van der Waals surface area contributed by atoms with Gasteiger partial charge in [-0.3, -0.25) is 4.79 Å². The van der Waals surface area contributed by atoms with E-state index in [2.05, 4.69) is 10.6 Å². The first kappa shape index (κ1) is 12.6. The van der Waals surface area contributed by atoms with Gasteiger partial charge < -0.3 is 15.7 Å². The molecular weight excluding hydrogens is 263 g/mol. The summed E-state index contributed by atoms with van der Waals surface area (Å²) < 4.78 is 0. The summed E-state index contributed by atoms with van der Waals surface area (Å²) in [5.74, 6) is -0.313. The maximum Gasteiger partial charge on any atom is 0.252 e. The van der Waals surface area contributed by atoms with E-state index in [-0.39, 0.29) is 12.5 Å². The first-order valence-corrected chi connectivity index (χ1v) is 5.92.